The number of halogens is 1. The molecule has 114 valence electrons. The predicted octanol–water partition coefficient (Wildman–Crippen LogP) is 2.83. The van der Waals surface area contributed by atoms with E-state index in [-0.39, 0.29) is 17.5 Å². The molecule has 3 rings (SSSR count). The standard InChI is InChI=1S/C17H18FN3O/c18-15-10-13(12-5-8-19-9-6-12)3-4-16(15)21-17(22)14-2-1-7-20-11-14/h3-6,8-10,14,20H,1-2,7,11H2,(H,21,22). The monoisotopic (exact) mass is 299 g/mol. The molecule has 1 atom stereocenters. The van der Waals surface area contributed by atoms with E-state index in [4.69, 9.17) is 0 Å². The molecule has 1 aromatic heterocycles. The van der Waals surface area contributed by atoms with Crippen molar-refractivity contribution in [1.29, 1.82) is 0 Å². The Bertz CT molecular complexity index is 654. The van der Waals surface area contributed by atoms with Gasteiger partial charge in [0.25, 0.3) is 0 Å². The molecule has 2 heterocycles. The van der Waals surface area contributed by atoms with Gasteiger partial charge in [0.05, 0.1) is 11.6 Å². The summed E-state index contributed by atoms with van der Waals surface area (Å²) in [6, 6.07) is 8.48. The molecule has 1 saturated heterocycles. The van der Waals surface area contributed by atoms with Gasteiger partial charge in [0.2, 0.25) is 5.91 Å². The molecule has 1 unspecified atom stereocenters. The second-order valence-corrected chi connectivity index (χ2v) is 5.46. The van der Waals surface area contributed by atoms with Crippen molar-refractivity contribution in [3.05, 3.63) is 48.5 Å². The molecule has 5 heteroatoms. The number of benzene rings is 1. The lowest BCUT2D eigenvalue weighted by Crippen LogP contribution is -2.37. The van der Waals surface area contributed by atoms with Crippen molar-refractivity contribution in [2.24, 2.45) is 5.92 Å². The molecule has 0 aliphatic carbocycles. The van der Waals surface area contributed by atoms with Crippen LogP contribution >= 0.6 is 0 Å². The average molecular weight is 299 g/mol. The summed E-state index contributed by atoms with van der Waals surface area (Å²) in [6.45, 7) is 1.60. The molecule has 1 aromatic carbocycles. The van der Waals surface area contributed by atoms with Gasteiger partial charge in [-0.05, 0) is 54.8 Å². The molecule has 1 aliphatic rings. The molecule has 4 nitrogen and oxygen atoms in total. The first-order chi connectivity index (χ1) is 10.7. The first-order valence-corrected chi connectivity index (χ1v) is 7.45. The Kier molecular flexibility index (Phi) is 4.44. The van der Waals surface area contributed by atoms with Crippen LogP contribution in [-0.2, 0) is 4.79 Å². The molecule has 2 N–H and O–H groups in total. The Morgan fingerprint density at radius 3 is 2.73 bits per heavy atom. The zero-order valence-electron chi connectivity index (χ0n) is 12.2. The lowest BCUT2D eigenvalue weighted by molar-refractivity contribution is -0.120. The highest BCUT2D eigenvalue weighted by molar-refractivity contribution is 5.93. The molecule has 0 radical (unpaired) electrons. The van der Waals surface area contributed by atoms with E-state index in [1.165, 1.54) is 6.07 Å². The number of aromatic nitrogens is 1. The fourth-order valence-corrected chi connectivity index (χ4v) is 2.65. The lowest BCUT2D eigenvalue weighted by Gasteiger charge is -2.22. The van der Waals surface area contributed by atoms with Crippen LogP contribution in [0.25, 0.3) is 11.1 Å². The third-order valence-electron chi connectivity index (χ3n) is 3.91. The van der Waals surface area contributed by atoms with Crippen LogP contribution in [0.4, 0.5) is 10.1 Å². The minimum absolute atomic E-state index is 0.0898. The molecule has 1 aliphatic heterocycles. The van der Waals surface area contributed by atoms with Crippen LogP contribution in [0.15, 0.2) is 42.7 Å². The van der Waals surface area contributed by atoms with Crippen LogP contribution in [-0.4, -0.2) is 24.0 Å². The van der Waals surface area contributed by atoms with E-state index in [0.29, 0.717) is 6.54 Å². The minimum Gasteiger partial charge on any atom is -0.323 e. The van der Waals surface area contributed by atoms with E-state index < -0.39 is 5.82 Å². The SMILES string of the molecule is O=C(Nc1ccc(-c2ccncc2)cc1F)C1CCCNC1. The number of nitrogens with zero attached hydrogens (tertiary/aromatic N) is 1. The average Bonchev–Trinajstić information content (AvgIpc) is 2.58. The zero-order valence-corrected chi connectivity index (χ0v) is 12.2. The summed E-state index contributed by atoms with van der Waals surface area (Å²) in [5, 5.41) is 5.88. The fraction of sp³-hybridized carbons (Fsp3) is 0.294. The number of rotatable bonds is 3. The fourth-order valence-electron chi connectivity index (χ4n) is 2.65. The van der Waals surface area contributed by atoms with Gasteiger partial charge in [-0.15, -0.1) is 0 Å². The number of carbonyl (C=O) groups is 1. The predicted molar refractivity (Wildman–Crippen MR) is 83.9 cm³/mol. The van der Waals surface area contributed by atoms with Gasteiger partial charge in [-0.2, -0.15) is 0 Å². The number of nitrogens with one attached hydrogen (secondary N) is 2. The lowest BCUT2D eigenvalue weighted by atomic mass is 9.98. The van der Waals surface area contributed by atoms with E-state index >= 15 is 0 Å². The van der Waals surface area contributed by atoms with Crippen molar-refractivity contribution in [3.63, 3.8) is 0 Å². The van der Waals surface area contributed by atoms with Gasteiger partial charge in [-0.25, -0.2) is 4.39 Å². The highest BCUT2D eigenvalue weighted by Crippen LogP contribution is 2.24. The van der Waals surface area contributed by atoms with E-state index in [1.54, 1.807) is 24.5 Å². The molecule has 0 spiro atoms. The molecule has 2 aromatic rings. The van der Waals surface area contributed by atoms with E-state index in [1.807, 2.05) is 12.1 Å². The van der Waals surface area contributed by atoms with Crippen molar-refractivity contribution in [1.82, 2.24) is 10.3 Å². The minimum atomic E-state index is -0.425. The molecular weight excluding hydrogens is 281 g/mol. The smallest absolute Gasteiger partial charge is 0.228 e. The zero-order chi connectivity index (χ0) is 15.4. The molecule has 22 heavy (non-hydrogen) atoms. The first kappa shape index (κ1) is 14.7. The van der Waals surface area contributed by atoms with Crippen molar-refractivity contribution >= 4 is 11.6 Å². The van der Waals surface area contributed by atoms with E-state index in [9.17, 15) is 9.18 Å². The summed E-state index contributed by atoms with van der Waals surface area (Å²) in [5.74, 6) is -0.637. The van der Waals surface area contributed by atoms with Crippen molar-refractivity contribution in [2.45, 2.75) is 12.8 Å². The van der Waals surface area contributed by atoms with Crippen LogP contribution in [0.5, 0.6) is 0 Å². The largest absolute Gasteiger partial charge is 0.323 e. The quantitative estimate of drug-likeness (QED) is 0.916. The summed E-state index contributed by atoms with van der Waals surface area (Å²) in [4.78, 5) is 16.1. The summed E-state index contributed by atoms with van der Waals surface area (Å²) in [6.07, 6.45) is 5.15. The van der Waals surface area contributed by atoms with Gasteiger partial charge in [-0.1, -0.05) is 6.07 Å². The number of piperidine rings is 1. The van der Waals surface area contributed by atoms with Crippen LogP contribution in [0.3, 0.4) is 0 Å². The van der Waals surface area contributed by atoms with Gasteiger partial charge in [0.15, 0.2) is 0 Å². The Labute approximate surface area is 128 Å². The number of amides is 1. The highest BCUT2D eigenvalue weighted by Gasteiger charge is 2.21. The number of carbonyl (C=O) groups excluding carboxylic acids is 1. The van der Waals surface area contributed by atoms with Crippen LogP contribution in [0.2, 0.25) is 0 Å². The molecular formula is C17H18FN3O. The molecule has 0 saturated carbocycles. The summed E-state index contributed by atoms with van der Waals surface area (Å²) < 4.78 is 14.2. The number of pyridine rings is 1. The topological polar surface area (TPSA) is 54.0 Å². The summed E-state index contributed by atoms with van der Waals surface area (Å²) in [5.41, 5.74) is 1.88. The van der Waals surface area contributed by atoms with Gasteiger partial charge in [0.1, 0.15) is 5.82 Å². The normalized spacial score (nSPS) is 18.0. The third-order valence-corrected chi connectivity index (χ3v) is 3.91. The second kappa shape index (κ2) is 6.66. The van der Waals surface area contributed by atoms with Crippen molar-refractivity contribution < 1.29 is 9.18 Å². The maximum absolute atomic E-state index is 14.2. The summed E-state index contributed by atoms with van der Waals surface area (Å²) >= 11 is 0. The Balaban J connectivity index is 1.73. The maximum Gasteiger partial charge on any atom is 0.228 e. The van der Waals surface area contributed by atoms with Gasteiger partial charge >= 0.3 is 0 Å². The van der Waals surface area contributed by atoms with E-state index in [2.05, 4.69) is 15.6 Å². The van der Waals surface area contributed by atoms with E-state index in [0.717, 1.165) is 30.5 Å². The Hall–Kier alpha value is -2.27. The first-order valence-electron chi connectivity index (χ1n) is 7.45. The second-order valence-electron chi connectivity index (χ2n) is 5.46. The number of hydrogen-bond acceptors (Lipinski definition) is 3. The van der Waals surface area contributed by atoms with Crippen LogP contribution < -0.4 is 10.6 Å². The summed E-state index contributed by atoms with van der Waals surface area (Å²) in [7, 11) is 0. The van der Waals surface area contributed by atoms with Gasteiger partial charge in [-0.3, -0.25) is 9.78 Å². The Morgan fingerprint density at radius 2 is 2.05 bits per heavy atom. The Morgan fingerprint density at radius 1 is 1.23 bits per heavy atom. The third kappa shape index (κ3) is 3.31. The number of hydrogen-bond donors (Lipinski definition) is 2. The molecule has 1 amide bonds. The van der Waals surface area contributed by atoms with Crippen molar-refractivity contribution in [3.8, 4) is 11.1 Å². The number of anilines is 1. The van der Waals surface area contributed by atoms with Gasteiger partial charge < -0.3 is 10.6 Å². The molecule has 1 fully saturated rings. The van der Waals surface area contributed by atoms with Crippen molar-refractivity contribution in [2.75, 3.05) is 18.4 Å². The highest BCUT2D eigenvalue weighted by atomic mass is 19.1. The van der Waals surface area contributed by atoms with Crippen LogP contribution in [0, 0.1) is 11.7 Å². The van der Waals surface area contributed by atoms with Gasteiger partial charge in [0, 0.05) is 18.9 Å². The molecule has 0 bridgehead atoms. The van der Waals surface area contributed by atoms with Crippen LogP contribution in [0.1, 0.15) is 12.8 Å². The maximum atomic E-state index is 14.2.